The van der Waals surface area contributed by atoms with Crippen LogP contribution in [0.15, 0.2) is 23.2 Å². The van der Waals surface area contributed by atoms with Gasteiger partial charge in [-0.3, -0.25) is 4.99 Å². The summed E-state index contributed by atoms with van der Waals surface area (Å²) in [5, 5.41) is 3.38. The second kappa shape index (κ2) is 10.0. The van der Waals surface area contributed by atoms with E-state index in [2.05, 4.69) is 27.5 Å². The van der Waals surface area contributed by atoms with Crippen molar-refractivity contribution in [2.24, 2.45) is 4.99 Å². The number of hydrogen-bond acceptors (Lipinski definition) is 4. The predicted molar refractivity (Wildman–Crippen MR) is 104 cm³/mol. The summed E-state index contributed by atoms with van der Waals surface area (Å²) < 4.78 is 10.7. The number of halogens is 1. The summed E-state index contributed by atoms with van der Waals surface area (Å²) in [4.78, 5) is 6.43. The molecule has 0 atom stereocenters. The fourth-order valence-corrected chi connectivity index (χ4v) is 2.62. The summed E-state index contributed by atoms with van der Waals surface area (Å²) in [6.07, 6.45) is 3.26. The molecule has 0 aromatic heterocycles. The monoisotopic (exact) mass is 437 g/mol. The van der Waals surface area contributed by atoms with Crippen molar-refractivity contribution in [1.82, 2.24) is 10.2 Å². The predicted octanol–water partition coefficient (Wildman–Crippen LogP) is 2.79. The molecule has 7 heteroatoms. The van der Waals surface area contributed by atoms with Gasteiger partial charge in [0.15, 0.2) is 17.5 Å². The number of fused-ring (bicyclic) bond motifs is 1. The Labute approximate surface area is 153 Å². The maximum Gasteiger partial charge on any atom is 0.231 e. The van der Waals surface area contributed by atoms with Gasteiger partial charge in [-0.05, 0) is 36.1 Å². The van der Waals surface area contributed by atoms with Gasteiger partial charge >= 0.3 is 0 Å². The Morgan fingerprint density at radius 2 is 2.14 bits per heavy atom. The third kappa shape index (κ3) is 5.42. The van der Waals surface area contributed by atoms with E-state index in [4.69, 9.17) is 9.47 Å². The van der Waals surface area contributed by atoms with Gasteiger partial charge in [0.2, 0.25) is 6.79 Å². The molecule has 1 heterocycles. The molecule has 1 aromatic rings. The Hall–Kier alpha value is -0.830. The highest BCUT2D eigenvalue weighted by Gasteiger charge is 2.14. The number of guanidine groups is 1. The molecule has 5 nitrogen and oxygen atoms in total. The molecule has 1 aliphatic rings. The fraction of sp³-hybridized carbons (Fsp3) is 0.533. The van der Waals surface area contributed by atoms with Gasteiger partial charge in [0, 0.05) is 27.2 Å². The summed E-state index contributed by atoms with van der Waals surface area (Å²) in [6, 6.07) is 6.05. The van der Waals surface area contributed by atoms with E-state index < -0.39 is 0 Å². The highest BCUT2D eigenvalue weighted by Crippen LogP contribution is 2.32. The van der Waals surface area contributed by atoms with Gasteiger partial charge in [0.05, 0.1) is 0 Å². The van der Waals surface area contributed by atoms with E-state index in [9.17, 15) is 0 Å². The summed E-state index contributed by atoms with van der Waals surface area (Å²) >= 11 is 1.86. The van der Waals surface area contributed by atoms with E-state index in [0.717, 1.165) is 42.7 Å². The lowest BCUT2D eigenvalue weighted by molar-refractivity contribution is 0.174. The number of aliphatic imine (C=N–C) groups is 1. The van der Waals surface area contributed by atoms with E-state index in [0.29, 0.717) is 6.79 Å². The fourth-order valence-electron chi connectivity index (χ4n) is 2.19. The molecule has 0 fully saturated rings. The largest absolute Gasteiger partial charge is 0.454 e. The van der Waals surface area contributed by atoms with Crippen LogP contribution >= 0.6 is 35.7 Å². The van der Waals surface area contributed by atoms with Crippen molar-refractivity contribution in [2.45, 2.75) is 13.0 Å². The highest BCUT2D eigenvalue weighted by atomic mass is 127. The normalized spacial score (nSPS) is 12.8. The van der Waals surface area contributed by atoms with Crippen LogP contribution in [0.25, 0.3) is 0 Å². The average Bonchev–Trinajstić information content (AvgIpc) is 2.95. The van der Waals surface area contributed by atoms with Crippen molar-refractivity contribution >= 4 is 41.7 Å². The van der Waals surface area contributed by atoms with Crippen molar-refractivity contribution in [3.8, 4) is 11.5 Å². The Morgan fingerprint density at radius 1 is 1.36 bits per heavy atom. The highest BCUT2D eigenvalue weighted by molar-refractivity contribution is 14.0. The molecular formula is C15H24IN3O2S. The Kier molecular flexibility index (Phi) is 8.77. The second-order valence-electron chi connectivity index (χ2n) is 4.86. The quantitative estimate of drug-likeness (QED) is 0.321. The van der Waals surface area contributed by atoms with Crippen LogP contribution in [0.1, 0.15) is 12.0 Å². The molecule has 0 spiro atoms. The van der Waals surface area contributed by atoms with E-state index in [-0.39, 0.29) is 24.0 Å². The number of thioether (sulfide) groups is 1. The molecule has 0 saturated heterocycles. The van der Waals surface area contributed by atoms with Gasteiger partial charge in [-0.25, -0.2) is 0 Å². The molecule has 0 unspecified atom stereocenters. The lowest BCUT2D eigenvalue weighted by Gasteiger charge is -2.22. The minimum Gasteiger partial charge on any atom is -0.454 e. The van der Waals surface area contributed by atoms with Crippen molar-refractivity contribution < 1.29 is 9.47 Å². The van der Waals surface area contributed by atoms with Gasteiger partial charge in [0.1, 0.15) is 0 Å². The first-order chi connectivity index (χ1) is 10.2. The molecule has 1 aromatic carbocycles. The zero-order valence-electron chi connectivity index (χ0n) is 13.3. The Balaban J connectivity index is 0.00000242. The average molecular weight is 437 g/mol. The first kappa shape index (κ1) is 19.2. The van der Waals surface area contributed by atoms with E-state index in [1.807, 2.05) is 38.0 Å². The first-order valence-electron chi connectivity index (χ1n) is 7.04. The van der Waals surface area contributed by atoms with Crippen LogP contribution in [0.3, 0.4) is 0 Å². The lowest BCUT2D eigenvalue weighted by Crippen LogP contribution is -2.39. The third-order valence-electron chi connectivity index (χ3n) is 3.24. The van der Waals surface area contributed by atoms with Crippen molar-refractivity contribution in [2.75, 3.05) is 39.4 Å². The molecule has 1 N–H and O–H groups in total. The zero-order valence-corrected chi connectivity index (χ0v) is 16.4. The molecule has 1 aliphatic heterocycles. The maximum atomic E-state index is 5.41. The standard InChI is InChI=1S/C15H23N3O2S.HI/c1-16-15(17-7-4-8-21-3)18(2)10-12-5-6-13-14(9-12)20-11-19-13;/h5-6,9H,4,7-8,10-11H2,1-3H3,(H,16,17);1H. The number of nitrogens with zero attached hydrogens (tertiary/aromatic N) is 2. The molecule has 0 aliphatic carbocycles. The molecule has 0 amide bonds. The van der Waals surface area contributed by atoms with E-state index in [1.165, 1.54) is 5.56 Å². The number of nitrogens with one attached hydrogen (secondary N) is 1. The molecule has 124 valence electrons. The molecule has 0 bridgehead atoms. The van der Waals surface area contributed by atoms with Crippen molar-refractivity contribution in [3.05, 3.63) is 23.8 Å². The summed E-state index contributed by atoms with van der Waals surface area (Å²) in [7, 11) is 3.85. The van der Waals surface area contributed by atoms with Crippen LogP contribution in [0, 0.1) is 0 Å². The number of rotatable bonds is 6. The molecule has 0 saturated carbocycles. The summed E-state index contributed by atoms with van der Waals surface area (Å²) in [5.74, 6) is 3.72. The molecular weight excluding hydrogens is 413 g/mol. The lowest BCUT2D eigenvalue weighted by atomic mass is 10.2. The van der Waals surface area contributed by atoms with Crippen molar-refractivity contribution in [1.29, 1.82) is 0 Å². The molecule has 2 rings (SSSR count). The van der Waals surface area contributed by atoms with E-state index >= 15 is 0 Å². The van der Waals surface area contributed by atoms with Crippen LogP contribution in [0.5, 0.6) is 11.5 Å². The van der Waals surface area contributed by atoms with Gasteiger partial charge in [-0.1, -0.05) is 6.07 Å². The SMILES string of the molecule is CN=C(NCCCSC)N(C)Cc1ccc2c(c1)OCO2.I. The topological polar surface area (TPSA) is 46.1 Å². The molecule has 0 radical (unpaired) electrons. The maximum absolute atomic E-state index is 5.41. The minimum absolute atomic E-state index is 0. The van der Waals surface area contributed by atoms with Crippen LogP contribution < -0.4 is 14.8 Å². The van der Waals surface area contributed by atoms with E-state index in [1.54, 1.807) is 0 Å². The third-order valence-corrected chi connectivity index (χ3v) is 3.94. The first-order valence-corrected chi connectivity index (χ1v) is 8.43. The van der Waals surface area contributed by atoms with Crippen LogP contribution in [-0.4, -0.2) is 50.3 Å². The van der Waals surface area contributed by atoms with Crippen LogP contribution in [-0.2, 0) is 6.54 Å². The van der Waals surface area contributed by atoms with Gasteiger partial charge < -0.3 is 19.7 Å². The molecule has 22 heavy (non-hydrogen) atoms. The number of ether oxygens (including phenoxy) is 2. The Morgan fingerprint density at radius 3 is 2.86 bits per heavy atom. The number of hydrogen-bond donors (Lipinski definition) is 1. The summed E-state index contributed by atoms with van der Waals surface area (Å²) in [5.41, 5.74) is 1.17. The van der Waals surface area contributed by atoms with Gasteiger partial charge in [0.25, 0.3) is 0 Å². The zero-order chi connectivity index (χ0) is 15.1. The minimum atomic E-state index is 0. The van der Waals surface area contributed by atoms with Crippen LogP contribution in [0.4, 0.5) is 0 Å². The summed E-state index contributed by atoms with van der Waals surface area (Å²) in [6.45, 7) is 2.03. The van der Waals surface area contributed by atoms with Gasteiger partial charge in [-0.2, -0.15) is 11.8 Å². The van der Waals surface area contributed by atoms with Crippen molar-refractivity contribution in [3.63, 3.8) is 0 Å². The Bertz CT molecular complexity index is 500. The smallest absolute Gasteiger partial charge is 0.231 e. The van der Waals surface area contributed by atoms with Crippen LogP contribution in [0.2, 0.25) is 0 Å². The number of benzene rings is 1. The van der Waals surface area contributed by atoms with Gasteiger partial charge in [-0.15, -0.1) is 24.0 Å². The second-order valence-corrected chi connectivity index (χ2v) is 5.85.